The number of fused-ring (bicyclic) bond motifs is 1. The number of nitrogens with zero attached hydrogens (tertiary/aromatic N) is 2. The van der Waals surface area contributed by atoms with Crippen molar-refractivity contribution in [3.05, 3.63) is 105 Å². The number of hydrogen-bond acceptors (Lipinski definition) is 5. The van der Waals surface area contributed by atoms with E-state index in [4.69, 9.17) is 21.8 Å². The minimum atomic E-state index is -3.00. The first-order valence-electron chi connectivity index (χ1n) is 14.0. The molecular weight excluding hydrogens is 507 g/mol. The SMILES string of the molecule is [2H]C([2H])(O)C1(C([2H])([2H])O[C@]2(c3ccc(Cl)cc3)c3c(F)cc(C(C)(C)O)cc3C(=O)N2Cc2ccc(C#N)cc2)CC1. The monoisotopic (exact) mass is 538 g/mol. The Morgan fingerprint density at radius 2 is 1.84 bits per heavy atom. The maximum atomic E-state index is 16.4. The van der Waals surface area contributed by atoms with Crippen LogP contribution in [0, 0.1) is 22.6 Å². The Balaban J connectivity index is 1.81. The van der Waals surface area contributed by atoms with Crippen LogP contribution < -0.4 is 0 Å². The number of ether oxygens (including phenoxy) is 1. The zero-order valence-corrected chi connectivity index (χ0v) is 21.5. The largest absolute Gasteiger partial charge is 0.396 e. The third kappa shape index (κ3) is 4.48. The molecule has 1 fully saturated rings. The fraction of sp³-hybridized carbons (Fsp3) is 0.333. The van der Waals surface area contributed by atoms with Crippen molar-refractivity contribution >= 4 is 17.5 Å². The first-order valence-corrected chi connectivity index (χ1v) is 12.4. The highest BCUT2D eigenvalue weighted by atomic mass is 35.5. The molecule has 0 bridgehead atoms. The van der Waals surface area contributed by atoms with Crippen molar-refractivity contribution in [3.63, 3.8) is 0 Å². The molecule has 5 rings (SSSR count). The van der Waals surface area contributed by atoms with Gasteiger partial charge in [0.2, 0.25) is 0 Å². The van der Waals surface area contributed by atoms with Crippen LogP contribution in [0.25, 0.3) is 0 Å². The molecule has 0 radical (unpaired) electrons. The highest BCUT2D eigenvalue weighted by molar-refractivity contribution is 6.30. The van der Waals surface area contributed by atoms with Crippen LogP contribution in [-0.4, -0.2) is 34.1 Å². The summed E-state index contributed by atoms with van der Waals surface area (Å²) in [5.41, 5.74) is -5.20. The molecule has 1 aliphatic heterocycles. The molecule has 196 valence electrons. The first kappa shape index (κ1) is 21.6. The Bertz CT molecular complexity index is 1590. The van der Waals surface area contributed by atoms with Crippen LogP contribution in [0.5, 0.6) is 0 Å². The standard InChI is InChI=1S/C30H28ClFN2O4/c1-28(2,37)22-13-24-26(25(32)14-22)30(21-7-9-23(31)10-8-21,38-18-29(17-35)11-12-29)34(27(24)36)16-20-5-3-19(15-33)4-6-20/h3-10,13-14,35,37H,11-12,16-18H2,1-2H3/t30-/m1/s1/i17D2,18D2. The minimum Gasteiger partial charge on any atom is -0.396 e. The van der Waals surface area contributed by atoms with Crippen molar-refractivity contribution in [1.29, 1.82) is 5.26 Å². The van der Waals surface area contributed by atoms with Crippen LogP contribution in [0.4, 0.5) is 4.39 Å². The van der Waals surface area contributed by atoms with Gasteiger partial charge in [-0.15, -0.1) is 0 Å². The average molecular weight is 539 g/mol. The third-order valence-corrected chi connectivity index (χ3v) is 7.26. The fourth-order valence-electron chi connectivity index (χ4n) is 4.62. The van der Waals surface area contributed by atoms with Gasteiger partial charge in [0, 0.05) is 22.5 Å². The van der Waals surface area contributed by atoms with Crippen LogP contribution in [0.1, 0.15) is 70.3 Å². The van der Waals surface area contributed by atoms with Crippen molar-refractivity contribution in [3.8, 4) is 6.07 Å². The minimum absolute atomic E-state index is 0.0588. The zero-order chi connectivity index (χ0) is 30.9. The summed E-state index contributed by atoms with van der Waals surface area (Å²) < 4.78 is 56.5. The molecule has 2 N–H and O–H groups in total. The number of carbonyl (C=O) groups excluding carboxylic acids is 1. The number of benzene rings is 3. The molecule has 0 spiro atoms. The van der Waals surface area contributed by atoms with Gasteiger partial charge in [0.25, 0.3) is 5.91 Å². The maximum Gasteiger partial charge on any atom is 0.257 e. The van der Waals surface area contributed by atoms with Crippen molar-refractivity contribution in [1.82, 2.24) is 4.90 Å². The van der Waals surface area contributed by atoms with Gasteiger partial charge in [-0.1, -0.05) is 35.9 Å². The van der Waals surface area contributed by atoms with Crippen molar-refractivity contribution in [2.45, 2.75) is 44.6 Å². The molecule has 8 heteroatoms. The van der Waals surface area contributed by atoms with Gasteiger partial charge in [0.15, 0.2) is 5.72 Å². The average Bonchev–Trinajstić information content (AvgIpc) is 3.70. The van der Waals surface area contributed by atoms with E-state index in [2.05, 4.69) is 0 Å². The number of rotatable bonds is 8. The summed E-state index contributed by atoms with van der Waals surface area (Å²) in [4.78, 5) is 15.4. The van der Waals surface area contributed by atoms with Crippen LogP contribution in [0.15, 0.2) is 60.7 Å². The Morgan fingerprint density at radius 3 is 2.39 bits per heavy atom. The van der Waals surface area contributed by atoms with E-state index in [1.165, 1.54) is 44.2 Å². The van der Waals surface area contributed by atoms with Crippen molar-refractivity contribution < 1.29 is 29.6 Å². The van der Waals surface area contributed by atoms with Crippen molar-refractivity contribution in [2.24, 2.45) is 5.41 Å². The van der Waals surface area contributed by atoms with E-state index in [1.54, 1.807) is 24.3 Å². The molecule has 1 amide bonds. The van der Waals surface area contributed by atoms with E-state index in [-0.39, 0.29) is 41.6 Å². The van der Waals surface area contributed by atoms with E-state index in [1.807, 2.05) is 6.07 Å². The van der Waals surface area contributed by atoms with Gasteiger partial charge < -0.3 is 14.9 Å². The second-order valence-corrected chi connectivity index (χ2v) is 10.6. The van der Waals surface area contributed by atoms with Crippen molar-refractivity contribution in [2.75, 3.05) is 13.1 Å². The van der Waals surface area contributed by atoms with Gasteiger partial charge in [-0.2, -0.15) is 5.26 Å². The molecule has 3 aromatic rings. The lowest BCUT2D eigenvalue weighted by Gasteiger charge is -2.40. The van der Waals surface area contributed by atoms with Gasteiger partial charge in [-0.25, -0.2) is 4.39 Å². The molecule has 1 atom stereocenters. The molecule has 2 aliphatic rings. The van der Waals surface area contributed by atoms with Gasteiger partial charge in [-0.3, -0.25) is 9.69 Å². The lowest BCUT2D eigenvalue weighted by Crippen LogP contribution is -2.48. The van der Waals surface area contributed by atoms with E-state index in [9.17, 15) is 20.3 Å². The van der Waals surface area contributed by atoms with Gasteiger partial charge in [0.05, 0.1) is 47.0 Å². The molecule has 1 saturated carbocycles. The summed E-state index contributed by atoms with van der Waals surface area (Å²) in [5, 5.41) is 30.6. The number of halogens is 2. The maximum absolute atomic E-state index is 16.4. The van der Waals surface area contributed by atoms with Crippen LogP contribution in [0.3, 0.4) is 0 Å². The predicted octanol–water partition coefficient (Wildman–Crippen LogP) is 5.22. The molecular formula is C30H28ClFN2O4. The quantitative estimate of drug-likeness (QED) is 0.410. The molecule has 0 aromatic heterocycles. The normalized spacial score (nSPS) is 22.1. The van der Waals surface area contributed by atoms with Gasteiger partial charge >= 0.3 is 0 Å². The van der Waals surface area contributed by atoms with Crippen LogP contribution in [0.2, 0.25) is 5.02 Å². The van der Waals surface area contributed by atoms with Crippen LogP contribution >= 0.6 is 11.6 Å². The topological polar surface area (TPSA) is 93.8 Å². The second kappa shape index (κ2) is 9.48. The third-order valence-electron chi connectivity index (χ3n) is 7.01. The molecule has 0 saturated heterocycles. The summed E-state index contributed by atoms with van der Waals surface area (Å²) in [7, 11) is 0. The molecule has 1 aliphatic carbocycles. The Kier molecular flexibility index (Phi) is 5.39. The molecule has 38 heavy (non-hydrogen) atoms. The summed E-state index contributed by atoms with van der Waals surface area (Å²) >= 11 is 6.16. The summed E-state index contributed by atoms with van der Waals surface area (Å²) in [6, 6.07) is 16.6. The second-order valence-electron chi connectivity index (χ2n) is 10.2. The molecule has 1 heterocycles. The van der Waals surface area contributed by atoms with Gasteiger partial charge in [-0.05, 0) is 74.2 Å². The molecule has 0 unspecified atom stereocenters. The van der Waals surface area contributed by atoms with E-state index in [0.717, 1.165) is 11.0 Å². The van der Waals surface area contributed by atoms with E-state index in [0.29, 0.717) is 16.1 Å². The van der Waals surface area contributed by atoms with Gasteiger partial charge in [0.1, 0.15) is 5.82 Å². The summed E-state index contributed by atoms with van der Waals surface area (Å²) in [5.74, 6) is -1.69. The lowest BCUT2D eigenvalue weighted by atomic mass is 9.88. The lowest BCUT2D eigenvalue weighted by molar-refractivity contribution is -0.130. The summed E-state index contributed by atoms with van der Waals surface area (Å²) in [6.07, 6.45) is -0.118. The highest BCUT2D eigenvalue weighted by Crippen LogP contribution is 2.52. The smallest absolute Gasteiger partial charge is 0.257 e. The number of amides is 1. The van der Waals surface area contributed by atoms with Crippen LogP contribution in [-0.2, 0) is 22.6 Å². The Morgan fingerprint density at radius 1 is 1.18 bits per heavy atom. The highest BCUT2D eigenvalue weighted by Gasteiger charge is 2.56. The number of hydrogen-bond donors (Lipinski definition) is 2. The first-order chi connectivity index (χ1) is 19.5. The number of aliphatic hydroxyl groups is 2. The van der Waals surface area contributed by atoms with E-state index < -0.39 is 41.6 Å². The zero-order valence-electron chi connectivity index (χ0n) is 24.8. The molecule has 6 nitrogen and oxygen atoms in total. The number of carbonyl (C=O) groups is 1. The Labute approximate surface area is 231 Å². The number of nitriles is 1. The summed E-state index contributed by atoms with van der Waals surface area (Å²) in [6.45, 7) is -3.27. The van der Waals surface area contributed by atoms with E-state index >= 15 is 4.39 Å². The molecule has 3 aromatic carbocycles. The predicted molar refractivity (Wildman–Crippen MR) is 140 cm³/mol. The fourth-order valence-corrected chi connectivity index (χ4v) is 4.75. The Hall–Kier alpha value is -3.28.